The number of nitrogens with one attached hydrogen (secondary N) is 2. The molecule has 16 heavy (non-hydrogen) atoms. The Morgan fingerprint density at radius 3 is 2.56 bits per heavy atom. The van der Waals surface area contributed by atoms with Gasteiger partial charge in [0.15, 0.2) is 0 Å². The summed E-state index contributed by atoms with van der Waals surface area (Å²) in [5, 5.41) is 25.4. The molecule has 0 radical (unpaired) electrons. The Morgan fingerprint density at radius 1 is 1.44 bits per heavy atom. The smallest absolute Gasteiger partial charge is 0.273 e. The molecule has 0 aliphatic heterocycles. The molecule has 0 aliphatic rings. The van der Waals surface area contributed by atoms with Crippen molar-refractivity contribution in [3.63, 3.8) is 0 Å². The van der Waals surface area contributed by atoms with Crippen LogP contribution in [0.1, 0.15) is 6.92 Å². The zero-order valence-electron chi connectivity index (χ0n) is 9.23. The summed E-state index contributed by atoms with van der Waals surface area (Å²) in [5.41, 5.74) is 1.28. The van der Waals surface area contributed by atoms with Gasteiger partial charge in [0.1, 0.15) is 0 Å². The van der Waals surface area contributed by atoms with Crippen molar-refractivity contribution in [2.75, 3.05) is 24.3 Å². The molecule has 1 aromatic rings. The van der Waals surface area contributed by atoms with Crippen LogP contribution in [0.2, 0.25) is 0 Å². The summed E-state index contributed by atoms with van der Waals surface area (Å²) in [7, 11) is 1.69. The van der Waals surface area contributed by atoms with E-state index in [1.54, 1.807) is 20.0 Å². The monoisotopic (exact) mass is 225 g/mol. The molecule has 1 unspecified atom stereocenters. The van der Waals surface area contributed by atoms with Crippen LogP contribution in [0.5, 0.6) is 0 Å². The number of nitro benzene ring substituents is 1. The van der Waals surface area contributed by atoms with Gasteiger partial charge in [-0.05, 0) is 13.0 Å². The van der Waals surface area contributed by atoms with Gasteiger partial charge in [-0.25, -0.2) is 0 Å². The van der Waals surface area contributed by atoms with Crippen molar-refractivity contribution in [1.82, 2.24) is 0 Å². The highest BCUT2D eigenvalue weighted by Crippen LogP contribution is 2.24. The van der Waals surface area contributed by atoms with Crippen LogP contribution >= 0.6 is 0 Å². The highest BCUT2D eigenvalue weighted by atomic mass is 16.6. The summed E-state index contributed by atoms with van der Waals surface area (Å²) >= 11 is 0. The first-order chi connectivity index (χ1) is 7.56. The Morgan fingerprint density at radius 2 is 2.06 bits per heavy atom. The summed E-state index contributed by atoms with van der Waals surface area (Å²) in [6.07, 6.45) is 0. The average Bonchev–Trinajstić information content (AvgIpc) is 2.28. The van der Waals surface area contributed by atoms with Crippen molar-refractivity contribution < 1.29 is 10.0 Å². The number of aliphatic hydroxyl groups is 1. The zero-order chi connectivity index (χ0) is 12.1. The van der Waals surface area contributed by atoms with E-state index in [1.807, 2.05) is 0 Å². The van der Waals surface area contributed by atoms with Crippen molar-refractivity contribution in [1.29, 1.82) is 0 Å². The molecule has 0 fully saturated rings. The maximum absolute atomic E-state index is 10.7. The van der Waals surface area contributed by atoms with Crippen LogP contribution in [0.15, 0.2) is 18.2 Å². The minimum Gasteiger partial charge on any atom is -0.394 e. The summed E-state index contributed by atoms with van der Waals surface area (Å²) in [6, 6.07) is 4.49. The molecule has 0 amide bonds. The lowest BCUT2D eigenvalue weighted by Gasteiger charge is -2.13. The zero-order valence-corrected chi connectivity index (χ0v) is 9.23. The van der Waals surface area contributed by atoms with E-state index in [0.29, 0.717) is 11.4 Å². The van der Waals surface area contributed by atoms with Crippen LogP contribution in [0.4, 0.5) is 17.1 Å². The Balaban J connectivity index is 2.99. The minimum atomic E-state index is -0.449. The van der Waals surface area contributed by atoms with Gasteiger partial charge in [-0.15, -0.1) is 0 Å². The first kappa shape index (κ1) is 12.3. The van der Waals surface area contributed by atoms with Gasteiger partial charge in [0.05, 0.1) is 11.5 Å². The molecule has 0 heterocycles. The van der Waals surface area contributed by atoms with Crippen LogP contribution in [-0.2, 0) is 0 Å². The lowest BCUT2D eigenvalue weighted by Crippen LogP contribution is -2.19. The van der Waals surface area contributed by atoms with Crippen molar-refractivity contribution in [3.8, 4) is 0 Å². The van der Waals surface area contributed by atoms with Gasteiger partial charge in [-0.1, -0.05) is 0 Å². The molecule has 0 saturated carbocycles. The topological polar surface area (TPSA) is 87.4 Å². The van der Waals surface area contributed by atoms with Crippen LogP contribution in [0.3, 0.4) is 0 Å². The molecule has 0 aliphatic carbocycles. The number of anilines is 2. The first-order valence-electron chi connectivity index (χ1n) is 4.91. The Labute approximate surface area is 93.4 Å². The van der Waals surface area contributed by atoms with E-state index in [-0.39, 0.29) is 18.3 Å². The van der Waals surface area contributed by atoms with E-state index in [9.17, 15) is 10.1 Å². The number of aliphatic hydroxyl groups excluding tert-OH is 1. The summed E-state index contributed by atoms with van der Waals surface area (Å²) in [6.45, 7) is 1.76. The quantitative estimate of drug-likeness (QED) is 0.521. The van der Waals surface area contributed by atoms with Gasteiger partial charge in [-0.2, -0.15) is 0 Å². The third-order valence-electron chi connectivity index (χ3n) is 2.10. The van der Waals surface area contributed by atoms with E-state index in [1.165, 1.54) is 12.1 Å². The third kappa shape index (κ3) is 3.09. The molecule has 0 saturated heterocycles. The van der Waals surface area contributed by atoms with E-state index < -0.39 is 4.92 Å². The van der Waals surface area contributed by atoms with Crippen LogP contribution in [0, 0.1) is 10.1 Å². The molecule has 1 rings (SSSR count). The SMILES string of the molecule is CNc1cc(NC(C)CO)cc([N+](=O)[O-])c1. The number of hydrogen-bond acceptors (Lipinski definition) is 5. The normalized spacial score (nSPS) is 11.9. The van der Waals surface area contributed by atoms with Crippen molar-refractivity contribution in [3.05, 3.63) is 28.3 Å². The van der Waals surface area contributed by atoms with Gasteiger partial charge in [0.25, 0.3) is 5.69 Å². The predicted octanol–water partition coefficient (Wildman–Crippen LogP) is 1.43. The second kappa shape index (κ2) is 5.32. The molecule has 3 N–H and O–H groups in total. The molecular weight excluding hydrogens is 210 g/mol. The van der Waals surface area contributed by atoms with Crippen LogP contribution in [-0.4, -0.2) is 29.7 Å². The maximum Gasteiger partial charge on any atom is 0.273 e. The number of nitrogens with zero attached hydrogens (tertiary/aromatic N) is 1. The molecule has 0 bridgehead atoms. The maximum atomic E-state index is 10.7. The Hall–Kier alpha value is -1.82. The highest BCUT2D eigenvalue weighted by molar-refractivity contribution is 5.63. The van der Waals surface area contributed by atoms with Gasteiger partial charge < -0.3 is 15.7 Å². The lowest BCUT2D eigenvalue weighted by molar-refractivity contribution is -0.384. The molecule has 1 atom stereocenters. The second-order valence-electron chi connectivity index (χ2n) is 3.50. The first-order valence-corrected chi connectivity index (χ1v) is 4.91. The van der Waals surface area contributed by atoms with Crippen LogP contribution < -0.4 is 10.6 Å². The summed E-state index contributed by atoms with van der Waals surface area (Å²) in [5.74, 6) is 0. The second-order valence-corrected chi connectivity index (χ2v) is 3.50. The standard InChI is InChI=1S/C10H15N3O3/c1-7(6-14)12-9-3-8(11-2)4-10(5-9)13(15)16/h3-5,7,11-12,14H,6H2,1-2H3. The highest BCUT2D eigenvalue weighted by Gasteiger charge is 2.10. The fraction of sp³-hybridized carbons (Fsp3) is 0.400. The van der Waals surface area contributed by atoms with Gasteiger partial charge in [0.2, 0.25) is 0 Å². The largest absolute Gasteiger partial charge is 0.394 e. The predicted molar refractivity (Wildman–Crippen MR) is 62.8 cm³/mol. The lowest BCUT2D eigenvalue weighted by atomic mass is 10.2. The number of hydrogen-bond donors (Lipinski definition) is 3. The molecule has 6 heteroatoms. The van der Waals surface area contributed by atoms with E-state index in [2.05, 4.69) is 10.6 Å². The Bertz CT molecular complexity index is 382. The number of nitro groups is 1. The van der Waals surface area contributed by atoms with E-state index in [0.717, 1.165) is 0 Å². The number of rotatable bonds is 5. The van der Waals surface area contributed by atoms with E-state index >= 15 is 0 Å². The van der Waals surface area contributed by atoms with Gasteiger partial charge in [0, 0.05) is 36.6 Å². The van der Waals surface area contributed by atoms with Gasteiger partial charge in [-0.3, -0.25) is 10.1 Å². The van der Waals surface area contributed by atoms with Gasteiger partial charge >= 0.3 is 0 Å². The summed E-state index contributed by atoms with van der Waals surface area (Å²) in [4.78, 5) is 10.2. The molecule has 0 spiro atoms. The third-order valence-corrected chi connectivity index (χ3v) is 2.10. The number of benzene rings is 1. The minimum absolute atomic E-state index is 0.0134. The summed E-state index contributed by atoms with van der Waals surface area (Å²) < 4.78 is 0. The molecule has 88 valence electrons. The average molecular weight is 225 g/mol. The van der Waals surface area contributed by atoms with Crippen molar-refractivity contribution in [2.24, 2.45) is 0 Å². The fourth-order valence-electron chi connectivity index (χ4n) is 1.27. The van der Waals surface area contributed by atoms with E-state index in [4.69, 9.17) is 5.11 Å². The Kier molecular flexibility index (Phi) is 4.07. The molecule has 0 aromatic heterocycles. The van der Waals surface area contributed by atoms with Crippen molar-refractivity contribution >= 4 is 17.1 Å². The van der Waals surface area contributed by atoms with Crippen LogP contribution in [0.25, 0.3) is 0 Å². The molecule has 1 aromatic carbocycles. The number of non-ortho nitro benzene ring substituents is 1. The molecular formula is C10H15N3O3. The van der Waals surface area contributed by atoms with Crippen molar-refractivity contribution in [2.45, 2.75) is 13.0 Å². The fourth-order valence-corrected chi connectivity index (χ4v) is 1.27. The molecule has 6 nitrogen and oxygen atoms in total.